The number of hydrogen-bond acceptors (Lipinski definition) is 2. The summed E-state index contributed by atoms with van der Waals surface area (Å²) >= 11 is 0. The van der Waals surface area contributed by atoms with E-state index in [2.05, 4.69) is 0 Å². The average molecular weight is 272 g/mol. The molecule has 2 N–H and O–H groups in total. The van der Waals surface area contributed by atoms with Crippen molar-refractivity contribution >= 4 is 0 Å². The van der Waals surface area contributed by atoms with Crippen LogP contribution in [0.25, 0.3) is 11.1 Å². The van der Waals surface area contributed by atoms with Crippen LogP contribution in [0.5, 0.6) is 0 Å². The summed E-state index contributed by atoms with van der Waals surface area (Å²) in [6.45, 7) is 8.00. The van der Waals surface area contributed by atoms with Gasteiger partial charge >= 0.3 is 0 Å². The van der Waals surface area contributed by atoms with Crippen LogP contribution >= 0.6 is 0 Å². The molecular weight excluding hydrogens is 248 g/mol. The lowest BCUT2D eigenvalue weighted by molar-refractivity contribution is 0.0158. The van der Waals surface area contributed by atoms with E-state index in [4.69, 9.17) is 0 Å². The summed E-state index contributed by atoms with van der Waals surface area (Å²) < 4.78 is 0. The molecule has 2 aromatic rings. The summed E-state index contributed by atoms with van der Waals surface area (Å²) in [6, 6.07) is 15.3. The Morgan fingerprint density at radius 2 is 0.900 bits per heavy atom. The Kier molecular flexibility index (Phi) is 6.43. The van der Waals surface area contributed by atoms with E-state index in [1.54, 1.807) is 0 Å². The molecule has 0 radical (unpaired) electrons. The zero-order chi connectivity index (χ0) is 15.1. The standard InChI is InChI=1S/C14H12O2.2C2H6/c15-13-11-7-3-1-5-9(11)10-6-2-4-8-12(10)14(13)16;2*1-2/h1-8,13-16H;2*1-2H3. The molecule has 108 valence electrons. The molecule has 2 heteroatoms. The Morgan fingerprint density at radius 1 is 0.600 bits per heavy atom. The van der Waals surface area contributed by atoms with Crippen molar-refractivity contribution in [1.82, 2.24) is 0 Å². The van der Waals surface area contributed by atoms with Crippen molar-refractivity contribution in [3.63, 3.8) is 0 Å². The first-order chi connectivity index (χ1) is 9.79. The summed E-state index contributed by atoms with van der Waals surface area (Å²) in [4.78, 5) is 0. The molecule has 3 rings (SSSR count). The van der Waals surface area contributed by atoms with Crippen molar-refractivity contribution in [2.75, 3.05) is 0 Å². The van der Waals surface area contributed by atoms with Crippen LogP contribution in [0, 0.1) is 0 Å². The summed E-state index contributed by atoms with van der Waals surface area (Å²) in [6.07, 6.45) is -1.66. The highest BCUT2D eigenvalue weighted by atomic mass is 16.3. The van der Waals surface area contributed by atoms with Gasteiger partial charge in [-0.3, -0.25) is 0 Å². The third-order valence-corrected chi connectivity index (χ3v) is 3.15. The van der Waals surface area contributed by atoms with Crippen molar-refractivity contribution in [2.45, 2.75) is 39.9 Å². The molecule has 2 atom stereocenters. The third-order valence-electron chi connectivity index (χ3n) is 3.15. The predicted octanol–water partition coefficient (Wildman–Crippen LogP) is 4.49. The number of aliphatic hydroxyl groups is 2. The van der Waals surface area contributed by atoms with E-state index >= 15 is 0 Å². The normalized spacial score (nSPS) is 18.5. The van der Waals surface area contributed by atoms with Crippen LogP contribution in [0.1, 0.15) is 51.0 Å². The van der Waals surface area contributed by atoms with Crippen LogP contribution in [0.4, 0.5) is 0 Å². The number of hydrogen-bond donors (Lipinski definition) is 2. The summed E-state index contributed by atoms with van der Waals surface area (Å²) in [5.41, 5.74) is 3.62. The smallest absolute Gasteiger partial charge is 0.110 e. The van der Waals surface area contributed by atoms with E-state index in [-0.39, 0.29) is 0 Å². The van der Waals surface area contributed by atoms with E-state index in [1.165, 1.54) is 0 Å². The molecular formula is C18H24O2. The molecule has 0 bridgehead atoms. The van der Waals surface area contributed by atoms with Gasteiger partial charge in [0.1, 0.15) is 12.2 Å². The first-order valence-electron chi connectivity index (χ1n) is 7.33. The quantitative estimate of drug-likeness (QED) is 0.742. The Labute approximate surface area is 121 Å². The van der Waals surface area contributed by atoms with Gasteiger partial charge < -0.3 is 10.2 Å². The van der Waals surface area contributed by atoms with Crippen LogP contribution in [0.15, 0.2) is 48.5 Å². The van der Waals surface area contributed by atoms with Crippen LogP contribution < -0.4 is 0 Å². The molecule has 0 amide bonds. The van der Waals surface area contributed by atoms with Crippen LogP contribution in [0.3, 0.4) is 0 Å². The highest BCUT2D eigenvalue weighted by molar-refractivity contribution is 5.74. The minimum absolute atomic E-state index is 0.800. The SMILES string of the molecule is CC.CC.OC1c2ccccc2-c2ccccc2C1O. The zero-order valence-electron chi connectivity index (χ0n) is 12.7. The molecule has 2 unspecified atom stereocenters. The van der Waals surface area contributed by atoms with E-state index in [0.29, 0.717) is 0 Å². The van der Waals surface area contributed by atoms with Gasteiger partial charge in [0.15, 0.2) is 0 Å². The molecule has 1 aliphatic carbocycles. The van der Waals surface area contributed by atoms with Gasteiger partial charge in [-0.25, -0.2) is 0 Å². The molecule has 20 heavy (non-hydrogen) atoms. The lowest BCUT2D eigenvalue weighted by Crippen LogP contribution is -2.16. The van der Waals surface area contributed by atoms with Crippen molar-refractivity contribution in [3.05, 3.63) is 59.7 Å². The Hall–Kier alpha value is -1.64. The largest absolute Gasteiger partial charge is 0.385 e. The van der Waals surface area contributed by atoms with Gasteiger partial charge in [0.2, 0.25) is 0 Å². The molecule has 2 nitrogen and oxygen atoms in total. The second-order valence-corrected chi connectivity index (χ2v) is 4.06. The molecule has 0 saturated carbocycles. The number of fused-ring (bicyclic) bond motifs is 3. The second-order valence-electron chi connectivity index (χ2n) is 4.06. The minimum atomic E-state index is -0.828. The van der Waals surface area contributed by atoms with Gasteiger partial charge in [-0.2, -0.15) is 0 Å². The number of rotatable bonds is 0. The molecule has 0 aromatic heterocycles. The molecule has 0 fully saturated rings. The van der Waals surface area contributed by atoms with Crippen molar-refractivity contribution in [1.29, 1.82) is 0 Å². The average Bonchev–Trinajstić information content (AvgIpc) is 2.56. The van der Waals surface area contributed by atoms with E-state index in [0.717, 1.165) is 22.3 Å². The predicted molar refractivity (Wildman–Crippen MR) is 84.5 cm³/mol. The fraction of sp³-hybridized carbons (Fsp3) is 0.333. The van der Waals surface area contributed by atoms with E-state index < -0.39 is 12.2 Å². The lowest BCUT2D eigenvalue weighted by Gasteiger charge is -2.28. The minimum Gasteiger partial charge on any atom is -0.385 e. The summed E-state index contributed by atoms with van der Waals surface area (Å²) in [7, 11) is 0. The van der Waals surface area contributed by atoms with Gasteiger partial charge in [-0.1, -0.05) is 76.2 Å². The molecule has 0 aliphatic heterocycles. The maximum Gasteiger partial charge on any atom is 0.110 e. The summed E-state index contributed by atoms with van der Waals surface area (Å²) in [5.74, 6) is 0. The summed E-state index contributed by atoms with van der Waals surface area (Å²) in [5, 5.41) is 20.1. The maximum absolute atomic E-state index is 10.0. The number of benzene rings is 2. The molecule has 1 aliphatic rings. The first-order valence-corrected chi connectivity index (χ1v) is 7.33. The molecule has 0 heterocycles. The van der Waals surface area contributed by atoms with Crippen LogP contribution in [0.2, 0.25) is 0 Å². The van der Waals surface area contributed by atoms with Crippen molar-refractivity contribution in [3.8, 4) is 11.1 Å². The Bertz CT molecular complexity index is 485. The van der Waals surface area contributed by atoms with Crippen molar-refractivity contribution in [2.24, 2.45) is 0 Å². The topological polar surface area (TPSA) is 40.5 Å². The fourth-order valence-corrected chi connectivity index (χ4v) is 2.34. The van der Waals surface area contributed by atoms with Gasteiger partial charge in [-0.05, 0) is 22.3 Å². The van der Waals surface area contributed by atoms with Gasteiger partial charge in [0.25, 0.3) is 0 Å². The molecule has 2 aromatic carbocycles. The lowest BCUT2D eigenvalue weighted by atomic mass is 9.82. The van der Waals surface area contributed by atoms with Crippen molar-refractivity contribution < 1.29 is 10.2 Å². The van der Waals surface area contributed by atoms with E-state index in [9.17, 15) is 10.2 Å². The van der Waals surface area contributed by atoms with Gasteiger partial charge in [-0.15, -0.1) is 0 Å². The zero-order valence-corrected chi connectivity index (χ0v) is 12.7. The van der Waals surface area contributed by atoms with Gasteiger partial charge in [0, 0.05) is 0 Å². The third kappa shape index (κ3) is 2.92. The van der Waals surface area contributed by atoms with Crippen LogP contribution in [-0.4, -0.2) is 10.2 Å². The monoisotopic (exact) mass is 272 g/mol. The Balaban J connectivity index is 0.000000461. The van der Waals surface area contributed by atoms with E-state index in [1.807, 2.05) is 76.2 Å². The maximum atomic E-state index is 10.0. The Morgan fingerprint density at radius 3 is 1.25 bits per heavy atom. The number of aliphatic hydroxyl groups excluding tert-OH is 2. The highest BCUT2D eigenvalue weighted by Gasteiger charge is 2.30. The second kappa shape index (κ2) is 7.83. The molecule has 0 spiro atoms. The van der Waals surface area contributed by atoms with Gasteiger partial charge in [0.05, 0.1) is 0 Å². The van der Waals surface area contributed by atoms with Crippen LogP contribution in [-0.2, 0) is 0 Å². The fourth-order valence-electron chi connectivity index (χ4n) is 2.34. The highest BCUT2D eigenvalue weighted by Crippen LogP contribution is 2.43. The molecule has 0 saturated heterocycles. The first kappa shape index (κ1) is 16.4.